The van der Waals surface area contributed by atoms with Crippen molar-refractivity contribution in [1.29, 1.82) is 0 Å². The number of hydrogen-bond acceptors (Lipinski definition) is 5. The van der Waals surface area contributed by atoms with Crippen molar-refractivity contribution in [2.45, 2.75) is 26.7 Å². The molecule has 0 atom stereocenters. The predicted octanol–water partition coefficient (Wildman–Crippen LogP) is 2.87. The Morgan fingerprint density at radius 1 is 1.19 bits per heavy atom. The molecular weight excluding hydrogens is 330 g/mol. The van der Waals surface area contributed by atoms with Crippen molar-refractivity contribution >= 4 is 11.9 Å². The summed E-state index contributed by atoms with van der Waals surface area (Å²) in [7, 11) is 0. The molecule has 1 saturated heterocycles. The van der Waals surface area contributed by atoms with Gasteiger partial charge in [0, 0.05) is 24.8 Å². The van der Waals surface area contributed by atoms with Crippen LogP contribution in [0.2, 0.25) is 0 Å². The number of piperidine rings is 1. The molecule has 0 unspecified atom stereocenters. The van der Waals surface area contributed by atoms with Gasteiger partial charge in [-0.3, -0.25) is 9.59 Å². The Hall–Kier alpha value is -2.76. The maximum atomic E-state index is 12.8. The van der Waals surface area contributed by atoms with E-state index >= 15 is 0 Å². The Morgan fingerprint density at radius 2 is 1.88 bits per heavy atom. The Kier molecular flexibility index (Phi) is 5.61. The summed E-state index contributed by atoms with van der Waals surface area (Å²) in [6.45, 7) is 5.11. The van der Waals surface area contributed by atoms with Gasteiger partial charge in [0.2, 0.25) is 0 Å². The van der Waals surface area contributed by atoms with Crippen LogP contribution in [0.25, 0.3) is 11.4 Å². The lowest BCUT2D eigenvalue weighted by atomic mass is 9.96. The maximum Gasteiger partial charge on any atom is 0.309 e. The number of likely N-dealkylation sites (tertiary alicyclic amines) is 1. The van der Waals surface area contributed by atoms with Gasteiger partial charge < -0.3 is 9.64 Å². The zero-order valence-corrected chi connectivity index (χ0v) is 15.1. The molecule has 2 heterocycles. The Balaban J connectivity index is 1.68. The predicted molar refractivity (Wildman–Crippen MR) is 97.5 cm³/mol. The molecule has 1 aromatic carbocycles. The molecule has 6 nitrogen and oxygen atoms in total. The van der Waals surface area contributed by atoms with E-state index in [9.17, 15) is 9.59 Å². The topological polar surface area (TPSA) is 72.4 Å². The van der Waals surface area contributed by atoms with Gasteiger partial charge in [-0.15, -0.1) is 0 Å². The van der Waals surface area contributed by atoms with E-state index in [1.165, 1.54) is 0 Å². The second-order valence-corrected chi connectivity index (χ2v) is 6.38. The molecule has 1 aliphatic rings. The average molecular weight is 353 g/mol. The smallest absolute Gasteiger partial charge is 0.309 e. The summed E-state index contributed by atoms with van der Waals surface area (Å²) >= 11 is 0. The van der Waals surface area contributed by atoms with Crippen molar-refractivity contribution in [2.75, 3.05) is 19.7 Å². The van der Waals surface area contributed by atoms with Crippen LogP contribution in [-0.2, 0) is 9.53 Å². The summed E-state index contributed by atoms with van der Waals surface area (Å²) in [6.07, 6.45) is 2.86. The maximum absolute atomic E-state index is 12.8. The highest BCUT2D eigenvalue weighted by molar-refractivity contribution is 5.95. The molecule has 0 saturated carbocycles. The first-order valence-electron chi connectivity index (χ1n) is 8.95. The van der Waals surface area contributed by atoms with Gasteiger partial charge in [0.15, 0.2) is 5.82 Å². The number of rotatable bonds is 4. The number of carbonyl (C=O) groups is 2. The molecule has 6 heteroatoms. The van der Waals surface area contributed by atoms with Crippen LogP contribution in [0.4, 0.5) is 0 Å². The highest BCUT2D eigenvalue weighted by Gasteiger charge is 2.29. The second-order valence-electron chi connectivity index (χ2n) is 6.38. The number of aryl methyl sites for hydroxylation is 1. The fourth-order valence-electron chi connectivity index (χ4n) is 3.15. The number of benzene rings is 1. The largest absolute Gasteiger partial charge is 0.466 e. The average Bonchev–Trinajstić information content (AvgIpc) is 2.68. The van der Waals surface area contributed by atoms with Crippen molar-refractivity contribution in [3.8, 4) is 11.4 Å². The first-order valence-corrected chi connectivity index (χ1v) is 8.95. The molecule has 136 valence electrons. The molecule has 0 bridgehead atoms. The number of amides is 1. The lowest BCUT2D eigenvalue weighted by Gasteiger charge is -2.31. The molecule has 2 aromatic rings. The SMILES string of the molecule is CCOC(=O)C1CCN(C(=O)c2cnc(-c3ccccc3)nc2C)CC1. The number of carbonyl (C=O) groups excluding carboxylic acids is 2. The minimum absolute atomic E-state index is 0.0792. The zero-order chi connectivity index (χ0) is 18.5. The van der Waals surface area contributed by atoms with Gasteiger partial charge in [-0.05, 0) is 26.7 Å². The van der Waals surface area contributed by atoms with Gasteiger partial charge in [0.25, 0.3) is 5.91 Å². The second kappa shape index (κ2) is 8.08. The van der Waals surface area contributed by atoms with Crippen LogP contribution in [0.5, 0.6) is 0 Å². The van der Waals surface area contributed by atoms with E-state index < -0.39 is 0 Å². The third-order valence-corrected chi connectivity index (χ3v) is 4.64. The number of nitrogens with zero attached hydrogens (tertiary/aromatic N) is 3. The van der Waals surface area contributed by atoms with Crippen molar-refractivity contribution in [2.24, 2.45) is 5.92 Å². The van der Waals surface area contributed by atoms with E-state index in [2.05, 4.69) is 9.97 Å². The molecule has 26 heavy (non-hydrogen) atoms. The minimum Gasteiger partial charge on any atom is -0.466 e. The lowest BCUT2D eigenvalue weighted by Crippen LogP contribution is -2.41. The Morgan fingerprint density at radius 3 is 2.50 bits per heavy atom. The molecular formula is C20H23N3O3. The first kappa shape index (κ1) is 18.0. The Bertz CT molecular complexity index is 784. The number of esters is 1. The minimum atomic E-state index is -0.161. The van der Waals surface area contributed by atoms with E-state index in [1.807, 2.05) is 37.3 Å². The third kappa shape index (κ3) is 3.90. The molecule has 0 spiro atoms. The van der Waals surface area contributed by atoms with Crippen LogP contribution in [0, 0.1) is 12.8 Å². The molecule has 0 radical (unpaired) electrons. The molecule has 1 amide bonds. The van der Waals surface area contributed by atoms with E-state index in [4.69, 9.17) is 4.74 Å². The Labute approximate surface area is 153 Å². The third-order valence-electron chi connectivity index (χ3n) is 4.64. The van der Waals surface area contributed by atoms with Gasteiger partial charge >= 0.3 is 5.97 Å². The fourth-order valence-corrected chi connectivity index (χ4v) is 3.15. The van der Waals surface area contributed by atoms with Crippen LogP contribution >= 0.6 is 0 Å². The molecule has 3 rings (SSSR count). The molecule has 1 aliphatic heterocycles. The standard InChI is InChI=1S/C20H23N3O3/c1-3-26-20(25)16-9-11-23(12-10-16)19(24)17-13-21-18(22-14(17)2)15-7-5-4-6-8-15/h4-8,13,16H,3,9-12H2,1-2H3. The van der Waals surface area contributed by atoms with Gasteiger partial charge in [-0.25, -0.2) is 9.97 Å². The van der Waals surface area contributed by atoms with E-state index in [-0.39, 0.29) is 17.8 Å². The first-order chi connectivity index (χ1) is 12.6. The highest BCUT2D eigenvalue weighted by Crippen LogP contribution is 2.22. The fraction of sp³-hybridized carbons (Fsp3) is 0.400. The monoisotopic (exact) mass is 353 g/mol. The summed E-state index contributed by atoms with van der Waals surface area (Å²) in [5.74, 6) is 0.258. The van der Waals surface area contributed by atoms with Crippen molar-refractivity contribution in [1.82, 2.24) is 14.9 Å². The van der Waals surface area contributed by atoms with Gasteiger partial charge in [-0.1, -0.05) is 30.3 Å². The van der Waals surface area contributed by atoms with Crippen LogP contribution in [0.3, 0.4) is 0 Å². The van der Waals surface area contributed by atoms with Crippen LogP contribution < -0.4 is 0 Å². The van der Waals surface area contributed by atoms with E-state index in [1.54, 1.807) is 18.0 Å². The number of aromatic nitrogens is 2. The van der Waals surface area contributed by atoms with Crippen molar-refractivity contribution in [3.63, 3.8) is 0 Å². The molecule has 1 fully saturated rings. The molecule has 1 aromatic heterocycles. The highest BCUT2D eigenvalue weighted by atomic mass is 16.5. The van der Waals surface area contributed by atoms with Gasteiger partial charge in [0.1, 0.15) is 0 Å². The van der Waals surface area contributed by atoms with Gasteiger partial charge in [0.05, 0.1) is 23.8 Å². The lowest BCUT2D eigenvalue weighted by molar-refractivity contribution is -0.149. The van der Waals surface area contributed by atoms with Crippen LogP contribution in [-0.4, -0.2) is 46.4 Å². The van der Waals surface area contributed by atoms with E-state index in [0.29, 0.717) is 49.6 Å². The summed E-state index contributed by atoms with van der Waals surface area (Å²) in [5, 5.41) is 0. The van der Waals surface area contributed by atoms with E-state index in [0.717, 1.165) is 5.56 Å². The summed E-state index contributed by atoms with van der Waals surface area (Å²) < 4.78 is 5.07. The molecule has 0 N–H and O–H groups in total. The summed E-state index contributed by atoms with van der Waals surface area (Å²) in [6, 6.07) is 9.68. The number of ether oxygens (including phenoxy) is 1. The quantitative estimate of drug-likeness (QED) is 0.790. The van der Waals surface area contributed by atoms with Crippen molar-refractivity contribution in [3.05, 3.63) is 47.8 Å². The van der Waals surface area contributed by atoms with Gasteiger partial charge in [-0.2, -0.15) is 0 Å². The van der Waals surface area contributed by atoms with Crippen molar-refractivity contribution < 1.29 is 14.3 Å². The summed E-state index contributed by atoms with van der Waals surface area (Å²) in [4.78, 5) is 35.2. The normalized spacial score (nSPS) is 14.9. The number of hydrogen-bond donors (Lipinski definition) is 0. The summed E-state index contributed by atoms with van der Waals surface area (Å²) in [5.41, 5.74) is 2.10. The van der Waals surface area contributed by atoms with Crippen LogP contribution in [0.1, 0.15) is 35.8 Å². The van der Waals surface area contributed by atoms with Crippen LogP contribution in [0.15, 0.2) is 36.5 Å². The zero-order valence-electron chi connectivity index (χ0n) is 15.1. The molecule has 0 aliphatic carbocycles.